The molecule has 0 spiro atoms. The number of hydrogen-bond donors (Lipinski definition) is 1. The number of aliphatic hydroxyl groups excluding tert-OH is 1. The van der Waals surface area contributed by atoms with Gasteiger partial charge >= 0.3 is 0 Å². The van der Waals surface area contributed by atoms with Crippen LogP contribution in [-0.2, 0) is 14.3 Å². The van der Waals surface area contributed by atoms with Crippen molar-refractivity contribution in [2.24, 2.45) is 0 Å². The number of rotatable bonds is 4. The lowest BCUT2D eigenvalue weighted by Gasteiger charge is -2.25. The lowest BCUT2D eigenvalue weighted by molar-refractivity contribution is -0.142. The zero-order chi connectivity index (χ0) is 15.8. The minimum absolute atomic E-state index is 0.0781. The van der Waals surface area contributed by atoms with Crippen molar-refractivity contribution in [1.29, 1.82) is 0 Å². The highest BCUT2D eigenvalue weighted by atomic mass is 16.7. The van der Waals surface area contributed by atoms with Crippen molar-refractivity contribution >= 4 is 5.78 Å². The summed E-state index contributed by atoms with van der Waals surface area (Å²) in [6.45, 7) is 0.0781. The molecule has 4 heteroatoms. The van der Waals surface area contributed by atoms with Gasteiger partial charge in [-0.1, -0.05) is 36.4 Å². The molecule has 3 unspecified atom stereocenters. The number of aliphatic hydroxyl groups is 1. The molecule has 120 valence electrons. The average molecular weight is 304 g/mol. The molecule has 1 N–H and O–H groups in total. The van der Waals surface area contributed by atoms with E-state index in [2.05, 4.69) is 12.1 Å². The van der Waals surface area contributed by atoms with Crippen LogP contribution >= 0.6 is 0 Å². The fourth-order valence-electron chi connectivity index (χ4n) is 2.83. The summed E-state index contributed by atoms with van der Waals surface area (Å²) < 4.78 is 10.4. The van der Waals surface area contributed by atoms with Crippen LogP contribution in [0.2, 0.25) is 0 Å². The topological polar surface area (TPSA) is 55.8 Å². The normalized spacial score (nSPS) is 28.3. The van der Waals surface area contributed by atoms with E-state index in [9.17, 15) is 9.90 Å². The maximum absolute atomic E-state index is 11.9. The first-order valence-corrected chi connectivity index (χ1v) is 7.76. The molecule has 0 saturated heterocycles. The summed E-state index contributed by atoms with van der Waals surface area (Å²) in [7, 11) is 1.53. The molecule has 0 saturated carbocycles. The monoisotopic (exact) mass is 304 g/mol. The van der Waals surface area contributed by atoms with Crippen LogP contribution in [-0.4, -0.2) is 37.0 Å². The largest absolute Gasteiger partial charge is 0.382 e. The van der Waals surface area contributed by atoms with Gasteiger partial charge in [-0.2, -0.15) is 0 Å². The Morgan fingerprint density at radius 2 is 1.95 bits per heavy atom. The molecule has 3 atom stereocenters. The molecule has 0 radical (unpaired) electrons. The summed E-state index contributed by atoms with van der Waals surface area (Å²) in [6.07, 6.45) is 4.99. The van der Waals surface area contributed by atoms with Crippen LogP contribution < -0.4 is 0 Å². The number of methoxy groups -OCH3 is 1. The lowest BCUT2D eigenvalue weighted by atomic mass is 9.87. The first kappa shape index (κ1) is 16.9. The summed E-state index contributed by atoms with van der Waals surface area (Å²) in [5.74, 6) is 0.110. The molecule has 0 fully saturated rings. The second-order valence-electron chi connectivity index (χ2n) is 5.62. The van der Waals surface area contributed by atoms with Crippen molar-refractivity contribution in [1.82, 2.24) is 0 Å². The third kappa shape index (κ3) is 4.77. The summed E-state index contributed by atoms with van der Waals surface area (Å²) in [5, 5.41) is 10.2. The standard InChI is InChI=1S/C18H24O4/c1-21-13-22-17-12-11-15(14-7-3-2-4-8-14)9-5-6-10-16(19)18(17)20/h2-4,6-8,10,15,17-18,20H,5,9,11-13H2,1H3/b10-6-. The Bertz CT molecular complexity index is 483. The van der Waals surface area contributed by atoms with Gasteiger partial charge in [-0.3, -0.25) is 4.79 Å². The predicted octanol–water partition coefficient (Wildman–Crippen LogP) is 2.82. The zero-order valence-electron chi connectivity index (χ0n) is 13.0. The second kappa shape index (κ2) is 8.83. The van der Waals surface area contributed by atoms with Gasteiger partial charge in [-0.25, -0.2) is 0 Å². The first-order valence-electron chi connectivity index (χ1n) is 7.76. The van der Waals surface area contributed by atoms with E-state index in [0.29, 0.717) is 12.3 Å². The number of hydrogen-bond acceptors (Lipinski definition) is 4. The van der Waals surface area contributed by atoms with Crippen LogP contribution in [0.15, 0.2) is 42.5 Å². The molecule has 4 nitrogen and oxygen atoms in total. The molecule has 0 aromatic heterocycles. The number of ether oxygens (including phenoxy) is 2. The van der Waals surface area contributed by atoms with Crippen molar-refractivity contribution in [3.63, 3.8) is 0 Å². The Morgan fingerprint density at radius 1 is 1.18 bits per heavy atom. The van der Waals surface area contributed by atoms with Crippen molar-refractivity contribution in [2.75, 3.05) is 13.9 Å². The summed E-state index contributed by atoms with van der Waals surface area (Å²) >= 11 is 0. The smallest absolute Gasteiger partial charge is 0.186 e. The fourth-order valence-corrected chi connectivity index (χ4v) is 2.83. The second-order valence-corrected chi connectivity index (χ2v) is 5.62. The Morgan fingerprint density at radius 3 is 2.68 bits per heavy atom. The van der Waals surface area contributed by atoms with E-state index in [1.807, 2.05) is 24.3 Å². The van der Waals surface area contributed by atoms with Gasteiger partial charge in [0.1, 0.15) is 12.9 Å². The third-order valence-corrected chi connectivity index (χ3v) is 4.08. The molecule has 1 aromatic carbocycles. The summed E-state index contributed by atoms with van der Waals surface area (Å²) in [4.78, 5) is 11.9. The Kier molecular flexibility index (Phi) is 6.77. The van der Waals surface area contributed by atoms with Gasteiger partial charge in [-0.05, 0) is 43.2 Å². The van der Waals surface area contributed by atoms with Gasteiger partial charge < -0.3 is 14.6 Å². The molecule has 0 aliphatic heterocycles. The quantitative estimate of drug-likeness (QED) is 0.869. The van der Waals surface area contributed by atoms with Crippen LogP contribution in [0.4, 0.5) is 0 Å². The first-order chi connectivity index (χ1) is 10.7. The summed E-state index contributed by atoms with van der Waals surface area (Å²) in [6, 6.07) is 10.4. The van der Waals surface area contributed by atoms with E-state index in [1.54, 1.807) is 0 Å². The lowest BCUT2D eigenvalue weighted by Crippen LogP contribution is -2.36. The van der Waals surface area contributed by atoms with E-state index in [4.69, 9.17) is 9.47 Å². The molecule has 1 aliphatic rings. The van der Waals surface area contributed by atoms with E-state index < -0.39 is 12.2 Å². The SMILES string of the molecule is COCOC1CCC(c2ccccc2)CC/C=C\C(=O)C1O. The number of benzene rings is 1. The van der Waals surface area contributed by atoms with Gasteiger partial charge in [0.15, 0.2) is 5.78 Å². The molecule has 0 heterocycles. The minimum Gasteiger partial charge on any atom is -0.382 e. The van der Waals surface area contributed by atoms with Gasteiger partial charge in [0.2, 0.25) is 0 Å². The van der Waals surface area contributed by atoms with Crippen LogP contribution in [0.1, 0.15) is 37.2 Å². The van der Waals surface area contributed by atoms with E-state index in [0.717, 1.165) is 19.3 Å². The van der Waals surface area contributed by atoms with Gasteiger partial charge in [-0.15, -0.1) is 0 Å². The molecule has 1 aromatic rings. The molecular formula is C18H24O4. The number of carbonyl (C=O) groups excluding carboxylic acids is 1. The molecular weight excluding hydrogens is 280 g/mol. The van der Waals surface area contributed by atoms with E-state index >= 15 is 0 Å². The van der Waals surface area contributed by atoms with Crippen molar-refractivity contribution in [3.05, 3.63) is 48.0 Å². The maximum atomic E-state index is 11.9. The highest BCUT2D eigenvalue weighted by molar-refractivity contribution is 5.93. The Balaban J connectivity index is 2.12. The fraction of sp³-hybridized carbons (Fsp3) is 0.500. The summed E-state index contributed by atoms with van der Waals surface area (Å²) in [5.41, 5.74) is 1.29. The Hall–Kier alpha value is -1.49. The molecule has 2 rings (SSSR count). The van der Waals surface area contributed by atoms with Crippen molar-refractivity contribution in [2.45, 2.75) is 43.8 Å². The van der Waals surface area contributed by atoms with Gasteiger partial charge in [0.25, 0.3) is 0 Å². The number of carbonyl (C=O) groups is 1. The maximum Gasteiger partial charge on any atom is 0.186 e. The van der Waals surface area contributed by atoms with Crippen molar-refractivity contribution in [3.8, 4) is 0 Å². The predicted molar refractivity (Wildman–Crippen MR) is 84.6 cm³/mol. The Labute approximate surface area is 131 Å². The average Bonchev–Trinajstić information content (AvgIpc) is 2.56. The van der Waals surface area contributed by atoms with Crippen molar-refractivity contribution < 1.29 is 19.4 Å². The van der Waals surface area contributed by atoms with Gasteiger partial charge in [0.05, 0.1) is 6.10 Å². The number of allylic oxidation sites excluding steroid dienone is 1. The molecule has 22 heavy (non-hydrogen) atoms. The zero-order valence-corrected chi connectivity index (χ0v) is 13.0. The highest BCUT2D eigenvalue weighted by Gasteiger charge is 2.27. The molecule has 1 aliphatic carbocycles. The van der Waals surface area contributed by atoms with Crippen LogP contribution in [0.5, 0.6) is 0 Å². The minimum atomic E-state index is -1.12. The van der Waals surface area contributed by atoms with Crippen LogP contribution in [0.3, 0.4) is 0 Å². The van der Waals surface area contributed by atoms with E-state index in [-0.39, 0.29) is 12.6 Å². The van der Waals surface area contributed by atoms with E-state index in [1.165, 1.54) is 18.7 Å². The van der Waals surface area contributed by atoms with Crippen LogP contribution in [0, 0.1) is 0 Å². The van der Waals surface area contributed by atoms with Gasteiger partial charge in [0, 0.05) is 7.11 Å². The highest BCUT2D eigenvalue weighted by Crippen LogP contribution is 2.29. The molecule has 0 amide bonds. The number of ketones is 1. The molecule has 0 bridgehead atoms. The van der Waals surface area contributed by atoms with Crippen LogP contribution in [0.25, 0.3) is 0 Å². The third-order valence-electron chi connectivity index (χ3n) is 4.08.